The van der Waals surface area contributed by atoms with Gasteiger partial charge in [-0.25, -0.2) is 0 Å². The van der Waals surface area contributed by atoms with Crippen LogP contribution in [-0.4, -0.2) is 87.1 Å². The molecule has 1 unspecified atom stereocenters. The Hall–Kier alpha value is -0.770. The quantitative estimate of drug-likeness (QED) is 0.0372. The van der Waals surface area contributed by atoms with Gasteiger partial charge in [-0.05, 0) is 32.9 Å². The second kappa shape index (κ2) is 29.6. The molecule has 6 N–H and O–H groups in total. The maximum absolute atomic E-state index is 13.6. The van der Waals surface area contributed by atoms with Crippen LogP contribution in [0.1, 0.15) is 168 Å². The molecule has 0 aromatic heterocycles. The number of nitrogens with one attached hydrogen (secondary N) is 1. The summed E-state index contributed by atoms with van der Waals surface area (Å²) in [5.74, 6) is -0.304. The maximum Gasteiger partial charge on any atom is 0.224 e. The van der Waals surface area contributed by atoms with E-state index in [1.807, 2.05) is 6.92 Å². The summed E-state index contributed by atoms with van der Waals surface area (Å²) in [7, 11) is 1.76. The Bertz CT molecular complexity index is 616. The molecule has 44 heavy (non-hydrogen) atoms. The SMILES string of the molecule is CCCCCCCCCCCCC(CCCCCCCCCCCC)C(=O)NC([C@H](O)[C@@H](O)[C@H](O)[C@H](O)CO)N(C)CCC. The van der Waals surface area contributed by atoms with E-state index < -0.39 is 37.2 Å². The number of hydrogen-bond donors (Lipinski definition) is 6. The Morgan fingerprint density at radius 3 is 1.32 bits per heavy atom. The van der Waals surface area contributed by atoms with Crippen molar-refractivity contribution >= 4 is 5.91 Å². The molecule has 0 heterocycles. The molecule has 0 spiro atoms. The number of nitrogens with zero attached hydrogens (tertiary/aromatic N) is 1. The molecule has 0 aliphatic rings. The van der Waals surface area contributed by atoms with E-state index in [-0.39, 0.29) is 11.8 Å². The molecule has 0 saturated heterocycles. The molecule has 0 rings (SSSR count). The molecule has 0 bridgehead atoms. The first kappa shape index (κ1) is 43.2. The van der Waals surface area contributed by atoms with Gasteiger partial charge in [0.15, 0.2) is 0 Å². The number of hydrogen-bond acceptors (Lipinski definition) is 7. The van der Waals surface area contributed by atoms with Gasteiger partial charge in [0.25, 0.3) is 0 Å². The van der Waals surface area contributed by atoms with Crippen molar-refractivity contribution in [1.82, 2.24) is 10.2 Å². The summed E-state index contributed by atoms with van der Waals surface area (Å²) in [5, 5.41) is 53.8. The Morgan fingerprint density at radius 2 is 0.955 bits per heavy atom. The Morgan fingerprint density at radius 1 is 0.568 bits per heavy atom. The van der Waals surface area contributed by atoms with Crippen LogP contribution in [0.3, 0.4) is 0 Å². The summed E-state index contributed by atoms with van der Waals surface area (Å²) in [6, 6.07) is 0. The van der Waals surface area contributed by atoms with Gasteiger partial charge >= 0.3 is 0 Å². The number of rotatable bonds is 32. The van der Waals surface area contributed by atoms with Gasteiger partial charge < -0.3 is 30.8 Å². The van der Waals surface area contributed by atoms with E-state index in [0.717, 1.165) is 44.9 Å². The van der Waals surface area contributed by atoms with Crippen LogP contribution in [0.2, 0.25) is 0 Å². The number of aliphatic hydroxyl groups is 5. The Labute approximate surface area is 271 Å². The first-order valence-corrected chi connectivity index (χ1v) is 18.6. The van der Waals surface area contributed by atoms with E-state index >= 15 is 0 Å². The number of amides is 1. The largest absolute Gasteiger partial charge is 0.394 e. The van der Waals surface area contributed by atoms with Gasteiger partial charge in [0, 0.05) is 5.92 Å². The number of unbranched alkanes of at least 4 members (excludes halogenated alkanes) is 18. The van der Waals surface area contributed by atoms with Crippen LogP contribution in [0, 0.1) is 5.92 Å². The minimum absolute atomic E-state index is 0.131. The van der Waals surface area contributed by atoms with Gasteiger partial charge in [0.2, 0.25) is 5.91 Å². The molecular weight excluding hydrogens is 556 g/mol. The first-order chi connectivity index (χ1) is 21.2. The fourth-order valence-electron chi connectivity index (χ4n) is 6.10. The highest BCUT2D eigenvalue weighted by Gasteiger charge is 2.37. The van der Waals surface area contributed by atoms with Crippen molar-refractivity contribution in [2.75, 3.05) is 20.2 Å². The van der Waals surface area contributed by atoms with Gasteiger partial charge in [-0.2, -0.15) is 0 Å². The summed E-state index contributed by atoms with van der Waals surface area (Å²) < 4.78 is 0. The molecular formula is C36H74N2O6. The van der Waals surface area contributed by atoms with E-state index in [0.29, 0.717) is 6.54 Å². The van der Waals surface area contributed by atoms with E-state index in [9.17, 15) is 30.3 Å². The highest BCUT2D eigenvalue weighted by molar-refractivity contribution is 5.78. The number of aliphatic hydroxyl groups excluding tert-OH is 5. The number of likely N-dealkylation sites (N-methyl/N-ethyl adjacent to an activating group) is 1. The normalized spacial score (nSPS) is 15.4. The molecule has 0 fully saturated rings. The zero-order chi connectivity index (χ0) is 33.0. The standard InChI is InChI=1S/C36H74N2O6/c1-5-8-10-12-14-16-18-20-22-24-26-30(27-25-23-21-19-17-15-13-11-9-6-2)36(44)37-35(38(4)28-7-3)34(43)33(42)32(41)31(40)29-39/h30-35,39-43H,5-29H2,1-4H3,(H,37,44)/t31-,32-,33+,34-,35?/m1/s1. The first-order valence-electron chi connectivity index (χ1n) is 18.6. The molecule has 0 aliphatic carbocycles. The molecule has 0 radical (unpaired) electrons. The highest BCUT2D eigenvalue weighted by Crippen LogP contribution is 2.22. The van der Waals surface area contributed by atoms with E-state index in [4.69, 9.17) is 0 Å². The average Bonchev–Trinajstić information content (AvgIpc) is 3.02. The third kappa shape index (κ3) is 21.1. The van der Waals surface area contributed by atoms with Crippen molar-refractivity contribution in [3.63, 3.8) is 0 Å². The van der Waals surface area contributed by atoms with Gasteiger partial charge in [-0.3, -0.25) is 9.69 Å². The minimum atomic E-state index is -1.74. The van der Waals surface area contributed by atoms with Crippen molar-refractivity contribution in [3.05, 3.63) is 0 Å². The van der Waals surface area contributed by atoms with Crippen LogP contribution in [-0.2, 0) is 4.79 Å². The van der Waals surface area contributed by atoms with Crippen molar-refractivity contribution in [3.8, 4) is 0 Å². The van der Waals surface area contributed by atoms with E-state index in [1.54, 1.807) is 11.9 Å². The molecule has 0 saturated carbocycles. The third-order valence-corrected chi connectivity index (χ3v) is 9.13. The van der Waals surface area contributed by atoms with Crippen molar-refractivity contribution in [2.24, 2.45) is 5.92 Å². The predicted molar refractivity (Wildman–Crippen MR) is 182 cm³/mol. The molecule has 0 aromatic carbocycles. The summed E-state index contributed by atoms with van der Waals surface area (Å²) in [6.07, 6.45) is 19.7. The molecule has 0 aromatic rings. The number of carbonyl (C=O) groups is 1. The van der Waals surface area contributed by atoms with Crippen LogP contribution >= 0.6 is 0 Å². The van der Waals surface area contributed by atoms with Gasteiger partial charge in [-0.1, -0.05) is 149 Å². The van der Waals surface area contributed by atoms with Crippen LogP contribution in [0.4, 0.5) is 0 Å². The fraction of sp³-hybridized carbons (Fsp3) is 0.972. The lowest BCUT2D eigenvalue weighted by molar-refractivity contribution is -0.143. The summed E-state index contributed by atoms with van der Waals surface area (Å²) in [6.45, 7) is 6.30. The molecule has 1 amide bonds. The second-order valence-electron chi connectivity index (χ2n) is 13.3. The molecule has 0 aliphatic heterocycles. The van der Waals surface area contributed by atoms with E-state index in [1.165, 1.54) is 103 Å². The lowest BCUT2D eigenvalue weighted by Gasteiger charge is -2.37. The predicted octanol–water partition coefficient (Wildman–Crippen LogP) is 6.44. The third-order valence-electron chi connectivity index (χ3n) is 9.13. The lowest BCUT2D eigenvalue weighted by Crippen LogP contribution is -2.61. The van der Waals surface area contributed by atoms with Crippen LogP contribution < -0.4 is 5.32 Å². The second-order valence-corrected chi connectivity index (χ2v) is 13.3. The van der Waals surface area contributed by atoms with Crippen LogP contribution in [0.15, 0.2) is 0 Å². The minimum Gasteiger partial charge on any atom is -0.394 e. The van der Waals surface area contributed by atoms with Gasteiger partial charge in [-0.15, -0.1) is 0 Å². The van der Waals surface area contributed by atoms with Gasteiger partial charge in [0.05, 0.1) is 6.61 Å². The summed E-state index contributed by atoms with van der Waals surface area (Å²) in [4.78, 5) is 15.4. The molecule has 5 atom stereocenters. The maximum atomic E-state index is 13.6. The van der Waals surface area contributed by atoms with Crippen molar-refractivity contribution in [2.45, 2.75) is 199 Å². The summed E-state index contributed by atoms with van der Waals surface area (Å²) >= 11 is 0. The molecule has 8 nitrogen and oxygen atoms in total. The van der Waals surface area contributed by atoms with Crippen molar-refractivity contribution < 1.29 is 30.3 Å². The van der Waals surface area contributed by atoms with Crippen LogP contribution in [0.5, 0.6) is 0 Å². The topological polar surface area (TPSA) is 133 Å². The highest BCUT2D eigenvalue weighted by atomic mass is 16.4. The molecule has 8 heteroatoms. The monoisotopic (exact) mass is 631 g/mol. The molecule has 264 valence electrons. The zero-order valence-corrected chi connectivity index (χ0v) is 29.2. The Kier molecular flexibility index (Phi) is 29.1. The average molecular weight is 631 g/mol. The Balaban J connectivity index is 5.08. The zero-order valence-electron chi connectivity index (χ0n) is 29.2. The van der Waals surface area contributed by atoms with E-state index in [2.05, 4.69) is 19.2 Å². The van der Waals surface area contributed by atoms with Crippen LogP contribution in [0.25, 0.3) is 0 Å². The smallest absolute Gasteiger partial charge is 0.224 e. The number of carbonyl (C=O) groups excluding carboxylic acids is 1. The van der Waals surface area contributed by atoms with Crippen molar-refractivity contribution in [1.29, 1.82) is 0 Å². The summed E-state index contributed by atoms with van der Waals surface area (Å²) in [5.41, 5.74) is 0. The fourth-order valence-corrected chi connectivity index (χ4v) is 6.10. The lowest BCUT2D eigenvalue weighted by atomic mass is 9.92. The van der Waals surface area contributed by atoms with Gasteiger partial charge in [0.1, 0.15) is 30.6 Å².